The standard InChI is InChI=1S/C17H18F2N2O4S.C16H15ClF2N2O.C3H3BrN2.CH3F.Na.H/c1-26(23,24)25-10-16-7-17(8-16,9-16)15(22)21-14(2-3-20-21)11-4-12(18)6-13(19)5-11;17-9-15-6-16(7-15,8-15)14(22)21-13(1-2-20-21)10-3-11(18)5-12(19)4-10;4-3-1-5-6-2-3;1-2;;/h3-6,14H,2,7-10H2,1H3;2-5,13H,1,6-9H2;1-2H,(H,5,6);1H3;;/q;;;;+1;-1/i;;;1D;;. The van der Waals surface area contributed by atoms with Gasteiger partial charge in [-0.05, 0) is 101 Å². The van der Waals surface area contributed by atoms with Crippen molar-refractivity contribution in [3.05, 3.63) is 87.7 Å². The molecule has 1 aromatic heterocycles. The van der Waals surface area contributed by atoms with E-state index in [2.05, 4.69) is 36.3 Å². The second kappa shape index (κ2) is 17.5. The number of benzene rings is 2. The van der Waals surface area contributed by atoms with Crippen LogP contribution in [0.1, 0.15) is 77.4 Å². The number of alkyl halides is 2. The summed E-state index contributed by atoms with van der Waals surface area (Å²) in [5.41, 5.74) is -0.214. The minimum Gasteiger partial charge on any atom is -1.00 e. The first-order chi connectivity index (χ1) is 26.9. The van der Waals surface area contributed by atoms with Crippen LogP contribution < -0.4 is 29.6 Å². The van der Waals surface area contributed by atoms with Crippen molar-refractivity contribution in [1.82, 2.24) is 20.2 Å². The van der Waals surface area contributed by atoms with E-state index < -0.39 is 58.0 Å². The Morgan fingerprint density at radius 2 is 1.28 bits per heavy atom. The number of nitrogens with zero attached hydrogens (tertiary/aromatic N) is 5. The van der Waals surface area contributed by atoms with Crippen LogP contribution in [0.3, 0.4) is 0 Å². The van der Waals surface area contributed by atoms with E-state index in [0.717, 1.165) is 42.1 Å². The molecule has 304 valence electrons. The largest absolute Gasteiger partial charge is 1.00 e. The van der Waals surface area contributed by atoms with Gasteiger partial charge in [0.2, 0.25) is 11.8 Å². The number of nitrogens with one attached hydrogen (secondary N) is 1. The molecule has 11 nitrogen and oxygen atoms in total. The van der Waals surface area contributed by atoms with Crippen LogP contribution in [0.25, 0.3) is 0 Å². The fraction of sp³-hybridized carbons (Fsp3) is 0.486. The molecule has 1 N–H and O–H groups in total. The third kappa shape index (κ3) is 9.36. The van der Waals surface area contributed by atoms with Crippen molar-refractivity contribution in [1.29, 1.82) is 0 Å². The van der Waals surface area contributed by atoms with Crippen molar-refractivity contribution in [2.45, 2.75) is 63.5 Å². The Hall–Kier alpha value is -2.74. The van der Waals surface area contributed by atoms with Gasteiger partial charge in [-0.2, -0.15) is 23.7 Å². The summed E-state index contributed by atoms with van der Waals surface area (Å²) in [6, 6.07) is 5.65. The third-order valence-corrected chi connectivity index (χ3v) is 12.7. The average molecular weight is 915 g/mol. The van der Waals surface area contributed by atoms with E-state index in [9.17, 15) is 40.0 Å². The Balaban J connectivity index is 0.000000211. The van der Waals surface area contributed by atoms with Gasteiger partial charge in [0, 0.05) is 49.5 Å². The Bertz CT molecular complexity index is 2100. The molecule has 57 heavy (non-hydrogen) atoms. The van der Waals surface area contributed by atoms with Crippen LogP contribution in [0.2, 0.25) is 0 Å². The fourth-order valence-electron chi connectivity index (χ4n) is 9.01. The van der Waals surface area contributed by atoms with Crippen LogP contribution in [0.5, 0.6) is 0 Å². The summed E-state index contributed by atoms with van der Waals surface area (Å²) in [6.07, 6.45) is 12.6. The smallest absolute Gasteiger partial charge is 1.00 e. The van der Waals surface area contributed by atoms with Crippen LogP contribution in [-0.4, -0.2) is 78.8 Å². The molecule has 2 amide bonds. The number of halogens is 7. The molecule has 2 atom stereocenters. The summed E-state index contributed by atoms with van der Waals surface area (Å²) in [5, 5.41) is 17.3. The number of rotatable bonds is 8. The van der Waals surface area contributed by atoms with Gasteiger partial charge in [0.05, 0.1) is 55.0 Å². The number of H-pyrrole nitrogens is 1. The molecule has 6 saturated carbocycles. The van der Waals surface area contributed by atoms with Crippen molar-refractivity contribution in [3.63, 3.8) is 0 Å². The number of hydrazone groups is 2. The second-order valence-corrected chi connectivity index (χ2v) is 18.3. The van der Waals surface area contributed by atoms with E-state index in [1.54, 1.807) is 24.8 Å². The van der Waals surface area contributed by atoms with E-state index in [1.165, 1.54) is 34.3 Å². The Kier molecular flexibility index (Phi) is 13.4. The molecular formula is C37H40BrClF5N6NaO5S. The average Bonchev–Trinajstić information content (AvgIpc) is 3.85. The van der Waals surface area contributed by atoms with E-state index in [1.807, 2.05) is 0 Å². The van der Waals surface area contributed by atoms with Crippen LogP contribution in [0.4, 0.5) is 22.0 Å². The van der Waals surface area contributed by atoms with E-state index in [4.69, 9.17) is 17.2 Å². The van der Waals surface area contributed by atoms with E-state index >= 15 is 0 Å². The number of carbonyl (C=O) groups is 2. The van der Waals surface area contributed by atoms with Gasteiger partial charge in [-0.3, -0.25) is 23.3 Å². The Morgan fingerprint density at radius 3 is 1.60 bits per heavy atom. The predicted molar refractivity (Wildman–Crippen MR) is 201 cm³/mol. The summed E-state index contributed by atoms with van der Waals surface area (Å²) in [5.74, 6) is -2.29. The third-order valence-electron chi connectivity index (χ3n) is 11.1. The Labute approximate surface area is 365 Å². The predicted octanol–water partition coefficient (Wildman–Crippen LogP) is 4.88. The first kappa shape index (κ1) is 43.8. The molecule has 0 spiro atoms. The first-order valence-corrected chi connectivity index (χ1v) is 20.6. The van der Waals surface area contributed by atoms with E-state index in [0.29, 0.717) is 49.1 Å². The van der Waals surface area contributed by atoms with Crippen LogP contribution in [-0.2, 0) is 23.9 Å². The number of hydrogen-bond acceptors (Lipinski definition) is 8. The van der Waals surface area contributed by atoms with Gasteiger partial charge < -0.3 is 1.43 Å². The molecule has 0 saturated heterocycles. The first-order valence-electron chi connectivity index (χ1n) is 18.1. The molecule has 0 radical (unpaired) electrons. The zero-order valence-corrected chi connectivity index (χ0v) is 36.2. The molecule has 6 aliphatic carbocycles. The normalized spacial score (nSPS) is 29.6. The quantitative estimate of drug-likeness (QED) is 0.148. The molecule has 2 unspecified atom stereocenters. The van der Waals surface area contributed by atoms with Crippen LogP contribution in [0.15, 0.2) is 63.5 Å². The summed E-state index contributed by atoms with van der Waals surface area (Å²) < 4.78 is 97.5. The van der Waals surface area contributed by atoms with Crippen molar-refractivity contribution in [2.75, 3.05) is 25.9 Å². The molecule has 20 heteroatoms. The maximum absolute atomic E-state index is 13.5. The molecule has 3 aromatic rings. The molecule has 11 rings (SSSR count). The van der Waals surface area contributed by atoms with E-state index in [-0.39, 0.29) is 65.7 Å². The summed E-state index contributed by atoms with van der Waals surface area (Å²) >= 11 is 9.12. The maximum atomic E-state index is 13.5. The molecule has 3 heterocycles. The zero-order chi connectivity index (χ0) is 41.4. The maximum Gasteiger partial charge on any atom is 1.00 e. The fourth-order valence-corrected chi connectivity index (χ4v) is 9.96. The van der Waals surface area contributed by atoms with Crippen molar-refractivity contribution >= 4 is 61.9 Å². The van der Waals surface area contributed by atoms with Gasteiger partial charge in [0.25, 0.3) is 10.1 Å². The number of carbonyl (C=O) groups excluding carboxylic acids is 2. The molecule has 2 aliphatic heterocycles. The number of hydrogen-bond donors (Lipinski definition) is 1. The van der Waals surface area contributed by atoms with Gasteiger partial charge in [0.1, 0.15) is 23.3 Å². The molecule has 6 fully saturated rings. The molecule has 2 aromatic carbocycles. The van der Waals surface area contributed by atoms with Crippen LogP contribution >= 0.6 is 27.5 Å². The van der Waals surface area contributed by atoms with Crippen molar-refractivity contribution < 1.29 is 76.5 Å². The molecular weight excluding hydrogens is 874 g/mol. The van der Waals surface area contributed by atoms with Gasteiger partial charge in [-0.25, -0.2) is 27.6 Å². The van der Waals surface area contributed by atoms with Gasteiger partial charge in [0.15, 0.2) is 0 Å². The number of amides is 2. The zero-order valence-electron chi connectivity index (χ0n) is 33.0. The number of aromatic nitrogens is 2. The van der Waals surface area contributed by atoms with Gasteiger partial charge in [-0.1, -0.05) is 0 Å². The van der Waals surface area contributed by atoms with Gasteiger partial charge in [-0.15, -0.1) is 11.6 Å². The topological polar surface area (TPSA) is 137 Å². The number of aromatic amines is 1. The monoisotopic (exact) mass is 913 g/mol. The Morgan fingerprint density at radius 1 is 0.877 bits per heavy atom. The second-order valence-electron chi connectivity index (χ2n) is 15.4. The summed E-state index contributed by atoms with van der Waals surface area (Å²) in [7, 11) is -4.51. The summed E-state index contributed by atoms with van der Waals surface area (Å²) in [6.45, 7) is 0.0860. The molecule has 8 aliphatic rings. The SMILES string of the molecule is Brc1cn[nH]c1.CS(=O)(=O)OCC12CC(C(=O)N3N=CCC3c3cc(F)cc(F)c3)(C1)C2.O=C(N1N=CCC1c1cc(F)cc(F)c1)C12CC(CCl)(C1)C2.[2H]CF.[H-].[Na+]. The van der Waals surface area contributed by atoms with Gasteiger partial charge >= 0.3 is 29.6 Å². The summed E-state index contributed by atoms with van der Waals surface area (Å²) in [4.78, 5) is 25.7. The van der Waals surface area contributed by atoms with Crippen molar-refractivity contribution in [2.24, 2.45) is 31.9 Å². The minimum atomic E-state index is -3.51. The van der Waals surface area contributed by atoms with Crippen LogP contribution in [0, 0.1) is 44.9 Å². The minimum absolute atomic E-state index is 0. The molecule has 4 bridgehead atoms. The van der Waals surface area contributed by atoms with Crippen molar-refractivity contribution in [3.8, 4) is 0 Å².